The number of carbonyl (C=O) groups is 1. The summed E-state index contributed by atoms with van der Waals surface area (Å²) in [5.74, 6) is -0.326. The normalized spacial score (nSPS) is 14.4. The van der Waals surface area contributed by atoms with Gasteiger partial charge in [-0.3, -0.25) is 4.79 Å². The third kappa shape index (κ3) is 5.75. The first-order chi connectivity index (χ1) is 14.8. The molecule has 2 aromatic carbocycles. The Labute approximate surface area is 184 Å². The van der Waals surface area contributed by atoms with Gasteiger partial charge < -0.3 is 19.9 Å². The van der Waals surface area contributed by atoms with Crippen molar-refractivity contribution in [2.24, 2.45) is 5.14 Å². The molecule has 0 aromatic heterocycles. The van der Waals surface area contributed by atoms with Gasteiger partial charge in [0.1, 0.15) is 0 Å². The molecule has 8 nitrogen and oxygen atoms in total. The Morgan fingerprint density at radius 1 is 1.19 bits per heavy atom. The van der Waals surface area contributed by atoms with Crippen LogP contribution in [0.2, 0.25) is 0 Å². The summed E-state index contributed by atoms with van der Waals surface area (Å²) < 4.78 is 29.1. The van der Waals surface area contributed by atoms with Gasteiger partial charge in [0.05, 0.1) is 23.7 Å². The Morgan fingerprint density at radius 2 is 1.90 bits per heavy atom. The minimum atomic E-state index is -3.92. The van der Waals surface area contributed by atoms with Crippen molar-refractivity contribution in [3.63, 3.8) is 0 Å². The standard InChI is InChI=1S/C22H30N4O4S/c1-3-25(20-7-5-4-6-17(20)2)11-10-24-22(27)19-16-18(31(23,28)29)8-9-21(19)26-12-14-30-15-13-26/h4-9,16H,3,10-15H2,1-2H3,(H,24,27)(H2,23,28,29). The number of likely N-dealkylation sites (N-methyl/N-ethyl adjacent to an activating group) is 1. The Balaban J connectivity index is 1.77. The Bertz CT molecular complexity index is 1020. The van der Waals surface area contributed by atoms with E-state index in [-0.39, 0.29) is 10.8 Å². The van der Waals surface area contributed by atoms with Crippen LogP contribution in [-0.2, 0) is 14.8 Å². The number of nitrogens with one attached hydrogen (secondary N) is 1. The Kier molecular flexibility index (Phi) is 7.53. The average Bonchev–Trinajstić information content (AvgIpc) is 2.77. The van der Waals surface area contributed by atoms with Crippen molar-refractivity contribution in [1.29, 1.82) is 0 Å². The quantitative estimate of drug-likeness (QED) is 0.640. The number of nitrogens with zero attached hydrogens (tertiary/aromatic N) is 2. The van der Waals surface area contributed by atoms with Gasteiger partial charge in [0, 0.05) is 44.1 Å². The van der Waals surface area contributed by atoms with Crippen LogP contribution < -0.4 is 20.3 Å². The number of ether oxygens (including phenoxy) is 1. The fourth-order valence-corrected chi connectivity index (χ4v) is 4.26. The van der Waals surface area contributed by atoms with Gasteiger partial charge in [0.25, 0.3) is 5.91 Å². The van der Waals surface area contributed by atoms with Gasteiger partial charge in [0.2, 0.25) is 10.0 Å². The van der Waals surface area contributed by atoms with Crippen LogP contribution in [0, 0.1) is 6.92 Å². The molecule has 0 radical (unpaired) electrons. The highest BCUT2D eigenvalue weighted by Crippen LogP contribution is 2.25. The van der Waals surface area contributed by atoms with E-state index in [1.807, 2.05) is 17.0 Å². The number of rotatable bonds is 8. The maximum absolute atomic E-state index is 13.0. The summed E-state index contributed by atoms with van der Waals surface area (Å²) in [4.78, 5) is 17.2. The number of morpholine rings is 1. The Hall–Kier alpha value is -2.62. The minimum Gasteiger partial charge on any atom is -0.378 e. The van der Waals surface area contributed by atoms with Gasteiger partial charge in [0.15, 0.2) is 0 Å². The van der Waals surface area contributed by atoms with Gasteiger partial charge in [-0.1, -0.05) is 18.2 Å². The summed E-state index contributed by atoms with van der Waals surface area (Å²) in [5, 5.41) is 8.23. The first-order valence-corrected chi connectivity index (χ1v) is 11.9. The number of benzene rings is 2. The van der Waals surface area contributed by atoms with Crippen LogP contribution in [0.1, 0.15) is 22.8 Å². The molecule has 1 saturated heterocycles. The summed E-state index contributed by atoms with van der Waals surface area (Å²) in [7, 11) is -3.92. The smallest absolute Gasteiger partial charge is 0.253 e. The highest BCUT2D eigenvalue weighted by atomic mass is 32.2. The number of aryl methyl sites for hydroxylation is 1. The highest BCUT2D eigenvalue weighted by molar-refractivity contribution is 7.89. The molecule has 2 aromatic rings. The molecule has 0 aliphatic carbocycles. The number of primary sulfonamides is 1. The van der Waals surface area contributed by atoms with E-state index >= 15 is 0 Å². The number of sulfonamides is 1. The van der Waals surface area contributed by atoms with Crippen LogP contribution >= 0.6 is 0 Å². The molecular weight excluding hydrogens is 416 g/mol. The lowest BCUT2D eigenvalue weighted by Crippen LogP contribution is -2.39. The molecule has 1 aliphatic heterocycles. The average molecular weight is 447 g/mol. The molecule has 0 saturated carbocycles. The van der Waals surface area contributed by atoms with E-state index in [2.05, 4.69) is 36.2 Å². The topological polar surface area (TPSA) is 105 Å². The van der Waals surface area contributed by atoms with Crippen molar-refractivity contribution >= 4 is 27.3 Å². The minimum absolute atomic E-state index is 0.0789. The van der Waals surface area contributed by atoms with E-state index in [0.29, 0.717) is 50.6 Å². The molecule has 3 rings (SSSR count). The maximum atomic E-state index is 13.0. The largest absolute Gasteiger partial charge is 0.378 e. The zero-order valence-electron chi connectivity index (χ0n) is 18.0. The first-order valence-electron chi connectivity index (χ1n) is 10.4. The Morgan fingerprint density at radius 3 is 2.55 bits per heavy atom. The molecule has 1 heterocycles. The molecule has 31 heavy (non-hydrogen) atoms. The van der Waals surface area contributed by atoms with Crippen molar-refractivity contribution in [3.8, 4) is 0 Å². The van der Waals surface area contributed by atoms with Crippen LogP contribution in [0.3, 0.4) is 0 Å². The van der Waals surface area contributed by atoms with Gasteiger partial charge in [-0.2, -0.15) is 0 Å². The van der Waals surface area contributed by atoms with Crippen molar-refractivity contribution in [1.82, 2.24) is 5.32 Å². The van der Waals surface area contributed by atoms with Gasteiger partial charge in [-0.05, 0) is 43.7 Å². The number of carbonyl (C=O) groups excluding carboxylic acids is 1. The molecule has 1 amide bonds. The second kappa shape index (κ2) is 10.1. The van der Waals surface area contributed by atoms with Crippen molar-refractivity contribution in [3.05, 3.63) is 53.6 Å². The number of anilines is 2. The van der Waals surface area contributed by atoms with Crippen LogP contribution in [0.15, 0.2) is 47.4 Å². The third-order valence-electron chi connectivity index (χ3n) is 5.40. The lowest BCUT2D eigenvalue weighted by atomic mass is 10.1. The maximum Gasteiger partial charge on any atom is 0.253 e. The zero-order chi connectivity index (χ0) is 22.4. The van der Waals surface area contributed by atoms with Crippen LogP contribution in [-0.4, -0.2) is 60.3 Å². The second-order valence-electron chi connectivity index (χ2n) is 7.45. The summed E-state index contributed by atoms with van der Waals surface area (Å²) in [6.45, 7) is 8.36. The number of hydrogen-bond donors (Lipinski definition) is 2. The van der Waals surface area contributed by atoms with E-state index in [4.69, 9.17) is 9.88 Å². The molecule has 3 N–H and O–H groups in total. The summed E-state index contributed by atoms with van der Waals surface area (Å²) in [6, 6.07) is 12.6. The number of amides is 1. The van der Waals surface area contributed by atoms with E-state index in [1.54, 1.807) is 6.07 Å². The predicted octanol–water partition coefficient (Wildman–Crippen LogP) is 1.74. The van der Waals surface area contributed by atoms with Crippen LogP contribution in [0.25, 0.3) is 0 Å². The number of hydrogen-bond acceptors (Lipinski definition) is 6. The van der Waals surface area contributed by atoms with Gasteiger partial charge in [-0.25, -0.2) is 13.6 Å². The van der Waals surface area contributed by atoms with Gasteiger partial charge >= 0.3 is 0 Å². The third-order valence-corrected chi connectivity index (χ3v) is 6.31. The van der Waals surface area contributed by atoms with E-state index in [0.717, 1.165) is 12.2 Å². The van der Waals surface area contributed by atoms with E-state index in [9.17, 15) is 13.2 Å². The molecule has 9 heteroatoms. The monoisotopic (exact) mass is 446 g/mol. The lowest BCUT2D eigenvalue weighted by Gasteiger charge is -2.30. The van der Waals surface area contributed by atoms with E-state index in [1.165, 1.54) is 17.7 Å². The summed E-state index contributed by atoms with van der Waals surface area (Å²) in [6.07, 6.45) is 0. The SMILES string of the molecule is CCN(CCNC(=O)c1cc(S(N)(=O)=O)ccc1N1CCOCC1)c1ccccc1C. The van der Waals surface area contributed by atoms with E-state index < -0.39 is 10.0 Å². The lowest BCUT2D eigenvalue weighted by molar-refractivity contribution is 0.0953. The summed E-state index contributed by atoms with van der Waals surface area (Å²) >= 11 is 0. The fraction of sp³-hybridized carbons (Fsp3) is 0.409. The zero-order valence-corrected chi connectivity index (χ0v) is 18.8. The molecule has 0 unspecified atom stereocenters. The van der Waals surface area contributed by atoms with Crippen molar-refractivity contribution in [2.75, 3.05) is 55.7 Å². The second-order valence-corrected chi connectivity index (χ2v) is 9.01. The highest BCUT2D eigenvalue weighted by Gasteiger charge is 2.22. The van der Waals surface area contributed by atoms with Crippen LogP contribution in [0.4, 0.5) is 11.4 Å². The predicted molar refractivity (Wildman–Crippen MR) is 122 cm³/mol. The molecule has 168 valence electrons. The van der Waals surface area contributed by atoms with Crippen LogP contribution in [0.5, 0.6) is 0 Å². The number of nitrogens with two attached hydrogens (primary N) is 1. The first kappa shape index (κ1) is 23.1. The molecule has 1 fully saturated rings. The van der Waals surface area contributed by atoms with Crippen molar-refractivity contribution < 1.29 is 17.9 Å². The number of para-hydroxylation sites is 1. The van der Waals surface area contributed by atoms with Crippen molar-refractivity contribution in [2.45, 2.75) is 18.7 Å². The summed E-state index contributed by atoms with van der Waals surface area (Å²) in [5.41, 5.74) is 3.28. The molecular formula is C22H30N4O4S. The fourth-order valence-electron chi connectivity index (χ4n) is 3.72. The molecule has 0 bridgehead atoms. The molecule has 1 aliphatic rings. The van der Waals surface area contributed by atoms with Gasteiger partial charge in [-0.15, -0.1) is 0 Å². The molecule has 0 spiro atoms. The molecule has 0 atom stereocenters.